The van der Waals surface area contributed by atoms with Crippen molar-refractivity contribution >= 4 is 28.0 Å². The third-order valence-electron chi connectivity index (χ3n) is 3.98. The number of hydrogen-bond donors (Lipinski definition) is 0. The molecule has 20 heavy (non-hydrogen) atoms. The molecular weight excluding hydrogens is 266 g/mol. The average molecular weight is 285 g/mol. The number of benzene rings is 2. The molecule has 1 fully saturated rings. The summed E-state index contributed by atoms with van der Waals surface area (Å²) in [5, 5.41) is 2.31. The number of methoxy groups -OCH3 is 1. The third kappa shape index (κ3) is 2.38. The van der Waals surface area contributed by atoms with Gasteiger partial charge in [0.25, 0.3) is 0 Å². The van der Waals surface area contributed by atoms with E-state index in [1.807, 2.05) is 12.1 Å². The number of likely N-dealkylation sites (tertiary alicyclic amines) is 1. The number of nitrogens with zero attached hydrogens (tertiary/aromatic N) is 1. The van der Waals surface area contributed by atoms with Crippen LogP contribution in [0.25, 0.3) is 10.8 Å². The van der Waals surface area contributed by atoms with Gasteiger partial charge in [-0.15, -0.1) is 0 Å². The lowest BCUT2D eigenvalue weighted by Crippen LogP contribution is -2.35. The summed E-state index contributed by atoms with van der Waals surface area (Å²) in [7, 11) is 1.71. The minimum Gasteiger partial charge on any atom is -0.496 e. The first-order valence-corrected chi connectivity index (χ1v) is 7.57. The van der Waals surface area contributed by atoms with E-state index in [0.29, 0.717) is 0 Å². The van der Waals surface area contributed by atoms with Crippen molar-refractivity contribution in [1.82, 2.24) is 4.90 Å². The maximum atomic E-state index is 5.73. The quantitative estimate of drug-likeness (QED) is 0.774. The molecule has 3 heteroatoms. The molecule has 0 saturated carbocycles. The fourth-order valence-corrected chi connectivity index (χ4v) is 3.26. The maximum absolute atomic E-state index is 5.73. The first-order chi connectivity index (χ1) is 9.81. The second-order valence-electron chi connectivity index (χ2n) is 5.21. The SMILES string of the molecule is COc1ccc(C(=S)N2CCCCC2)c2ccccc12. The van der Waals surface area contributed by atoms with Crippen LogP contribution in [-0.2, 0) is 0 Å². The van der Waals surface area contributed by atoms with E-state index in [2.05, 4.69) is 29.2 Å². The van der Waals surface area contributed by atoms with Crippen LogP contribution < -0.4 is 4.74 Å². The molecule has 0 aliphatic carbocycles. The van der Waals surface area contributed by atoms with Crippen LogP contribution in [0.4, 0.5) is 0 Å². The van der Waals surface area contributed by atoms with Gasteiger partial charge in [0.05, 0.1) is 7.11 Å². The Morgan fingerprint density at radius 3 is 2.40 bits per heavy atom. The molecule has 1 aliphatic rings. The normalized spacial score (nSPS) is 15.3. The molecule has 1 saturated heterocycles. The highest BCUT2D eigenvalue weighted by atomic mass is 32.1. The standard InChI is InChI=1S/C17H19NOS/c1-19-16-10-9-15(13-7-3-4-8-14(13)16)17(20)18-11-5-2-6-12-18/h3-4,7-10H,2,5-6,11-12H2,1H3. The van der Waals surface area contributed by atoms with Gasteiger partial charge in [0.2, 0.25) is 0 Å². The van der Waals surface area contributed by atoms with Gasteiger partial charge in [0.15, 0.2) is 0 Å². The van der Waals surface area contributed by atoms with E-state index < -0.39 is 0 Å². The molecule has 0 aromatic heterocycles. The predicted octanol–water partition coefficient (Wildman–Crippen LogP) is 4.01. The van der Waals surface area contributed by atoms with Crippen molar-refractivity contribution in [2.45, 2.75) is 19.3 Å². The Morgan fingerprint density at radius 2 is 1.70 bits per heavy atom. The number of fused-ring (bicyclic) bond motifs is 1. The van der Waals surface area contributed by atoms with E-state index >= 15 is 0 Å². The molecule has 0 N–H and O–H groups in total. The maximum Gasteiger partial charge on any atom is 0.126 e. The highest BCUT2D eigenvalue weighted by molar-refractivity contribution is 7.80. The third-order valence-corrected chi connectivity index (χ3v) is 4.46. The van der Waals surface area contributed by atoms with Crippen molar-refractivity contribution < 1.29 is 4.74 Å². The Hall–Kier alpha value is -1.61. The van der Waals surface area contributed by atoms with Gasteiger partial charge in [-0.3, -0.25) is 0 Å². The van der Waals surface area contributed by atoms with E-state index in [1.165, 1.54) is 24.6 Å². The molecule has 2 aromatic rings. The molecule has 2 nitrogen and oxygen atoms in total. The van der Waals surface area contributed by atoms with Crippen LogP contribution in [-0.4, -0.2) is 30.1 Å². The average Bonchev–Trinajstić information content (AvgIpc) is 2.54. The Bertz CT molecular complexity index is 632. The van der Waals surface area contributed by atoms with Gasteiger partial charge in [-0.05, 0) is 36.8 Å². The van der Waals surface area contributed by atoms with Gasteiger partial charge in [-0.2, -0.15) is 0 Å². The molecule has 104 valence electrons. The summed E-state index contributed by atoms with van der Waals surface area (Å²) in [5.74, 6) is 0.908. The van der Waals surface area contributed by atoms with Crippen LogP contribution in [0.1, 0.15) is 24.8 Å². The molecule has 1 aliphatic heterocycles. The lowest BCUT2D eigenvalue weighted by molar-refractivity contribution is 0.348. The smallest absolute Gasteiger partial charge is 0.126 e. The number of thiocarbonyl (C=S) groups is 1. The molecule has 0 unspecified atom stereocenters. The van der Waals surface area contributed by atoms with E-state index in [-0.39, 0.29) is 0 Å². The van der Waals surface area contributed by atoms with E-state index in [9.17, 15) is 0 Å². The van der Waals surface area contributed by atoms with Gasteiger partial charge in [-0.25, -0.2) is 0 Å². The Kier molecular flexibility index (Phi) is 3.88. The number of piperidine rings is 1. The first-order valence-electron chi connectivity index (χ1n) is 7.16. The molecule has 0 bridgehead atoms. The summed E-state index contributed by atoms with van der Waals surface area (Å²) < 4.78 is 5.45. The van der Waals surface area contributed by atoms with E-state index in [0.717, 1.165) is 34.8 Å². The van der Waals surface area contributed by atoms with Crippen molar-refractivity contribution in [3.8, 4) is 5.75 Å². The fraction of sp³-hybridized carbons (Fsp3) is 0.353. The predicted molar refractivity (Wildman–Crippen MR) is 87.6 cm³/mol. The second kappa shape index (κ2) is 5.80. The van der Waals surface area contributed by atoms with Crippen LogP contribution in [0.3, 0.4) is 0 Å². The van der Waals surface area contributed by atoms with Crippen LogP contribution in [0.5, 0.6) is 5.75 Å². The molecule has 0 radical (unpaired) electrons. The summed E-state index contributed by atoms with van der Waals surface area (Å²) >= 11 is 5.73. The lowest BCUT2D eigenvalue weighted by atomic mass is 10.0. The first kappa shape index (κ1) is 13.4. The van der Waals surface area contributed by atoms with Crippen molar-refractivity contribution in [3.05, 3.63) is 42.0 Å². The van der Waals surface area contributed by atoms with Crippen molar-refractivity contribution in [3.63, 3.8) is 0 Å². The molecule has 1 heterocycles. The van der Waals surface area contributed by atoms with Crippen LogP contribution in [0.2, 0.25) is 0 Å². The molecule has 0 spiro atoms. The van der Waals surface area contributed by atoms with Crippen molar-refractivity contribution in [2.75, 3.05) is 20.2 Å². The van der Waals surface area contributed by atoms with Crippen molar-refractivity contribution in [1.29, 1.82) is 0 Å². The zero-order chi connectivity index (χ0) is 13.9. The van der Waals surface area contributed by atoms with Gasteiger partial charge in [-0.1, -0.05) is 36.5 Å². The molecule has 0 amide bonds. The summed E-state index contributed by atoms with van der Waals surface area (Å²) in [6.07, 6.45) is 3.81. The fourth-order valence-electron chi connectivity index (χ4n) is 2.90. The van der Waals surface area contributed by atoms with Gasteiger partial charge >= 0.3 is 0 Å². The minimum atomic E-state index is 0.908. The molecule has 0 atom stereocenters. The van der Waals surface area contributed by atoms with Crippen LogP contribution in [0, 0.1) is 0 Å². The monoisotopic (exact) mass is 285 g/mol. The largest absolute Gasteiger partial charge is 0.496 e. The zero-order valence-corrected chi connectivity index (χ0v) is 12.6. The number of ether oxygens (including phenoxy) is 1. The van der Waals surface area contributed by atoms with Gasteiger partial charge in [0, 0.05) is 24.0 Å². The Labute approximate surface area is 125 Å². The topological polar surface area (TPSA) is 12.5 Å². The highest BCUT2D eigenvalue weighted by Crippen LogP contribution is 2.29. The summed E-state index contributed by atoms with van der Waals surface area (Å²) in [6.45, 7) is 2.17. The van der Waals surface area contributed by atoms with Crippen LogP contribution >= 0.6 is 12.2 Å². The van der Waals surface area contributed by atoms with Crippen molar-refractivity contribution in [2.24, 2.45) is 0 Å². The lowest BCUT2D eigenvalue weighted by Gasteiger charge is -2.29. The Morgan fingerprint density at radius 1 is 1.00 bits per heavy atom. The summed E-state index contributed by atoms with van der Waals surface area (Å²) in [4.78, 5) is 3.32. The molecule has 2 aromatic carbocycles. The highest BCUT2D eigenvalue weighted by Gasteiger charge is 2.17. The molecular formula is C17H19NOS. The minimum absolute atomic E-state index is 0.908. The van der Waals surface area contributed by atoms with Gasteiger partial charge < -0.3 is 9.64 Å². The summed E-state index contributed by atoms with van der Waals surface area (Å²) in [5.41, 5.74) is 1.15. The van der Waals surface area contributed by atoms with Gasteiger partial charge in [0.1, 0.15) is 10.7 Å². The molecule has 3 rings (SSSR count). The summed E-state index contributed by atoms with van der Waals surface area (Å²) in [6, 6.07) is 12.4. The number of rotatable bonds is 2. The van der Waals surface area contributed by atoms with Crippen LogP contribution in [0.15, 0.2) is 36.4 Å². The van der Waals surface area contributed by atoms with E-state index in [1.54, 1.807) is 7.11 Å². The second-order valence-corrected chi connectivity index (χ2v) is 5.60. The number of hydrogen-bond acceptors (Lipinski definition) is 2. The zero-order valence-electron chi connectivity index (χ0n) is 11.8. The Balaban J connectivity index is 2.05. The van der Waals surface area contributed by atoms with E-state index in [4.69, 9.17) is 17.0 Å².